The van der Waals surface area contributed by atoms with Crippen molar-refractivity contribution in [3.63, 3.8) is 0 Å². The van der Waals surface area contributed by atoms with Gasteiger partial charge in [-0.2, -0.15) is 0 Å². The van der Waals surface area contributed by atoms with Crippen LogP contribution in [0.1, 0.15) is 25.3 Å². The fourth-order valence-corrected chi connectivity index (χ4v) is 3.26. The summed E-state index contributed by atoms with van der Waals surface area (Å²) in [5, 5.41) is 6.79. The lowest BCUT2D eigenvalue weighted by Gasteiger charge is -2.20. The van der Waals surface area contributed by atoms with Crippen LogP contribution in [0.2, 0.25) is 0 Å². The molecule has 0 atom stereocenters. The maximum absolute atomic E-state index is 5.72. The molecule has 0 aromatic heterocycles. The van der Waals surface area contributed by atoms with Gasteiger partial charge in [-0.25, -0.2) is 4.99 Å². The molecule has 1 aliphatic heterocycles. The maximum atomic E-state index is 5.72. The number of hydrogen-bond donors (Lipinski definition) is 2. The van der Waals surface area contributed by atoms with Gasteiger partial charge in [0, 0.05) is 31.7 Å². The van der Waals surface area contributed by atoms with Gasteiger partial charge in [-0.1, -0.05) is 30.9 Å². The van der Waals surface area contributed by atoms with E-state index in [0.717, 1.165) is 43.3 Å². The Kier molecular flexibility index (Phi) is 13.8. The van der Waals surface area contributed by atoms with Crippen LogP contribution in [0, 0.1) is 0 Å². The molecule has 0 spiro atoms. The highest BCUT2D eigenvalue weighted by atomic mass is 127. The van der Waals surface area contributed by atoms with E-state index in [1.165, 1.54) is 32.6 Å². The predicted octanol–water partition coefficient (Wildman–Crippen LogP) is 2.95. The lowest BCUT2D eigenvalue weighted by atomic mass is 10.2. The number of likely N-dealkylation sites (N-methyl/N-ethyl adjacent to an activating group) is 1. The Bertz CT molecular complexity index is 611. The zero-order valence-corrected chi connectivity index (χ0v) is 20.4. The number of hydrogen-bond acceptors (Lipinski definition) is 4. The zero-order valence-electron chi connectivity index (χ0n) is 18.0. The Morgan fingerprint density at radius 3 is 2.83 bits per heavy atom. The van der Waals surface area contributed by atoms with Crippen molar-refractivity contribution in [2.24, 2.45) is 4.99 Å². The number of aliphatic imine (C=N–C) groups is 1. The number of ether oxygens (including phenoxy) is 1. The van der Waals surface area contributed by atoms with E-state index >= 15 is 0 Å². The first-order valence-corrected chi connectivity index (χ1v) is 10.5. The zero-order chi connectivity index (χ0) is 20.0. The van der Waals surface area contributed by atoms with E-state index < -0.39 is 0 Å². The number of guanidine groups is 1. The molecule has 1 heterocycles. The molecule has 1 fully saturated rings. The first-order chi connectivity index (χ1) is 13.7. The third kappa shape index (κ3) is 10.3. The van der Waals surface area contributed by atoms with E-state index in [1.54, 1.807) is 6.08 Å². The summed E-state index contributed by atoms with van der Waals surface area (Å²) < 4.78 is 5.72. The molecule has 7 heteroatoms. The largest absolute Gasteiger partial charge is 0.489 e. The molecule has 0 aliphatic carbocycles. The molecular formula is C22H38IN5O. The fraction of sp³-hybridized carbons (Fsp3) is 0.591. The van der Waals surface area contributed by atoms with Crippen LogP contribution in [-0.4, -0.2) is 75.2 Å². The highest BCUT2D eigenvalue weighted by Crippen LogP contribution is 2.18. The van der Waals surface area contributed by atoms with Crippen LogP contribution in [0.15, 0.2) is 41.9 Å². The van der Waals surface area contributed by atoms with Gasteiger partial charge in [0.15, 0.2) is 5.96 Å². The minimum atomic E-state index is 0. The highest BCUT2D eigenvalue weighted by Gasteiger charge is 2.11. The summed E-state index contributed by atoms with van der Waals surface area (Å²) in [6.45, 7) is 14.6. The van der Waals surface area contributed by atoms with Gasteiger partial charge >= 0.3 is 0 Å². The second-order valence-electron chi connectivity index (χ2n) is 7.18. The maximum Gasteiger partial charge on any atom is 0.191 e. The lowest BCUT2D eigenvalue weighted by molar-refractivity contribution is 0.274. The third-order valence-electron chi connectivity index (χ3n) is 4.84. The number of benzene rings is 1. The molecule has 0 amide bonds. The monoisotopic (exact) mass is 515 g/mol. The topological polar surface area (TPSA) is 52.1 Å². The van der Waals surface area contributed by atoms with E-state index in [0.29, 0.717) is 13.2 Å². The summed E-state index contributed by atoms with van der Waals surface area (Å²) in [5.41, 5.74) is 1.08. The average molecular weight is 515 g/mol. The molecule has 0 unspecified atom stereocenters. The van der Waals surface area contributed by atoms with Crippen LogP contribution in [0.4, 0.5) is 0 Å². The third-order valence-corrected chi connectivity index (χ3v) is 4.84. The summed E-state index contributed by atoms with van der Waals surface area (Å²) in [4.78, 5) is 9.72. The van der Waals surface area contributed by atoms with Crippen LogP contribution in [0.5, 0.6) is 5.75 Å². The van der Waals surface area contributed by atoms with Gasteiger partial charge in [-0.05, 0) is 52.5 Å². The van der Waals surface area contributed by atoms with E-state index in [2.05, 4.69) is 47.1 Å². The van der Waals surface area contributed by atoms with Gasteiger partial charge in [-0.15, -0.1) is 24.0 Å². The lowest BCUT2D eigenvalue weighted by Crippen LogP contribution is -2.39. The van der Waals surface area contributed by atoms with E-state index in [-0.39, 0.29) is 24.0 Å². The first kappa shape index (κ1) is 25.7. The Morgan fingerprint density at radius 2 is 2.03 bits per heavy atom. The van der Waals surface area contributed by atoms with Crippen LogP contribution >= 0.6 is 24.0 Å². The molecule has 1 saturated heterocycles. The summed E-state index contributed by atoms with van der Waals surface area (Å²) >= 11 is 0. The standard InChI is InChI=1S/C22H37N5O.HI/c1-4-18-28-21-11-7-6-10-20(21)19-25-22(23-5-2)24-12-8-14-27-15-9-13-26(3)16-17-27;/h4,6-7,10-11H,1,5,8-9,12-19H2,2-3H3,(H2,23,24,25);1H. The van der Waals surface area contributed by atoms with Crippen molar-refractivity contribution in [2.45, 2.75) is 26.3 Å². The van der Waals surface area contributed by atoms with Gasteiger partial charge in [0.1, 0.15) is 12.4 Å². The molecule has 0 radical (unpaired) electrons. The smallest absolute Gasteiger partial charge is 0.191 e. The number of nitrogens with zero attached hydrogens (tertiary/aromatic N) is 3. The molecule has 2 rings (SSSR count). The second-order valence-corrected chi connectivity index (χ2v) is 7.18. The molecule has 1 aromatic carbocycles. The van der Waals surface area contributed by atoms with Crippen molar-refractivity contribution in [1.82, 2.24) is 20.4 Å². The number of nitrogens with one attached hydrogen (secondary N) is 2. The molecule has 164 valence electrons. The molecular weight excluding hydrogens is 477 g/mol. The quantitative estimate of drug-likeness (QED) is 0.165. The minimum absolute atomic E-state index is 0. The Morgan fingerprint density at radius 1 is 1.21 bits per heavy atom. The summed E-state index contributed by atoms with van der Waals surface area (Å²) in [5.74, 6) is 1.73. The molecule has 0 bridgehead atoms. The molecule has 29 heavy (non-hydrogen) atoms. The molecule has 1 aromatic rings. The first-order valence-electron chi connectivity index (χ1n) is 10.5. The van der Waals surface area contributed by atoms with Gasteiger partial charge in [0.05, 0.1) is 6.54 Å². The van der Waals surface area contributed by atoms with Crippen LogP contribution in [0.3, 0.4) is 0 Å². The van der Waals surface area contributed by atoms with Gasteiger partial charge in [0.2, 0.25) is 0 Å². The second kappa shape index (κ2) is 15.5. The Hall–Kier alpha value is -1.32. The summed E-state index contributed by atoms with van der Waals surface area (Å²) in [7, 11) is 2.21. The molecule has 2 N–H and O–H groups in total. The van der Waals surface area contributed by atoms with Gasteiger partial charge < -0.3 is 25.2 Å². The molecule has 0 saturated carbocycles. The normalized spacial score (nSPS) is 15.9. The Labute approximate surface area is 193 Å². The van der Waals surface area contributed by atoms with E-state index in [4.69, 9.17) is 9.73 Å². The number of rotatable bonds is 10. The van der Waals surface area contributed by atoms with Crippen molar-refractivity contribution in [1.29, 1.82) is 0 Å². The van der Waals surface area contributed by atoms with Crippen LogP contribution in [-0.2, 0) is 6.54 Å². The highest BCUT2D eigenvalue weighted by molar-refractivity contribution is 14.0. The predicted molar refractivity (Wildman–Crippen MR) is 134 cm³/mol. The SMILES string of the molecule is C=CCOc1ccccc1CN=C(NCC)NCCCN1CCCN(C)CC1.I. The molecule has 1 aliphatic rings. The van der Waals surface area contributed by atoms with Gasteiger partial charge in [-0.3, -0.25) is 0 Å². The molecule has 6 nitrogen and oxygen atoms in total. The van der Waals surface area contributed by atoms with Crippen molar-refractivity contribution in [3.05, 3.63) is 42.5 Å². The van der Waals surface area contributed by atoms with Crippen molar-refractivity contribution >= 4 is 29.9 Å². The average Bonchev–Trinajstić information content (AvgIpc) is 2.92. The number of halogens is 1. The summed E-state index contributed by atoms with van der Waals surface area (Å²) in [6, 6.07) is 8.04. The summed E-state index contributed by atoms with van der Waals surface area (Å²) in [6.07, 6.45) is 4.14. The van der Waals surface area contributed by atoms with Crippen LogP contribution in [0.25, 0.3) is 0 Å². The van der Waals surface area contributed by atoms with Crippen LogP contribution < -0.4 is 15.4 Å². The minimum Gasteiger partial charge on any atom is -0.489 e. The van der Waals surface area contributed by atoms with Crippen molar-refractivity contribution in [2.75, 3.05) is 59.5 Å². The van der Waals surface area contributed by atoms with E-state index in [9.17, 15) is 0 Å². The van der Waals surface area contributed by atoms with Crippen molar-refractivity contribution < 1.29 is 4.74 Å². The fourth-order valence-electron chi connectivity index (χ4n) is 3.26. The number of para-hydroxylation sites is 1. The Balaban J connectivity index is 0.00000420. The van der Waals surface area contributed by atoms with E-state index in [1.807, 2.05) is 18.2 Å². The van der Waals surface area contributed by atoms with Gasteiger partial charge in [0.25, 0.3) is 0 Å². The van der Waals surface area contributed by atoms with Crippen molar-refractivity contribution in [3.8, 4) is 5.75 Å².